The lowest BCUT2D eigenvalue weighted by Crippen LogP contribution is -2.52. The number of likely N-dealkylation sites (tertiary alicyclic amines) is 1. The maximum Gasteiger partial charge on any atom is 0.410 e. The fourth-order valence-electron chi connectivity index (χ4n) is 2.96. The minimum atomic E-state index is -0.599. The molecule has 2 amide bonds. The number of hydroxylamine groups is 2. The molecule has 1 heterocycles. The van der Waals surface area contributed by atoms with E-state index in [4.69, 9.17) is 14.3 Å². The monoisotopic (exact) mass is 378 g/mol. The fraction of sp³-hybridized carbons (Fsp3) is 0.600. The van der Waals surface area contributed by atoms with E-state index in [-0.39, 0.29) is 18.6 Å². The summed E-state index contributed by atoms with van der Waals surface area (Å²) < 4.78 is 11.5. The van der Waals surface area contributed by atoms with Gasteiger partial charge >= 0.3 is 6.09 Å². The van der Waals surface area contributed by atoms with Gasteiger partial charge in [-0.05, 0) is 32.8 Å². The van der Waals surface area contributed by atoms with Crippen molar-refractivity contribution in [3.05, 3.63) is 35.9 Å². The van der Waals surface area contributed by atoms with Gasteiger partial charge in [-0.25, -0.2) is 9.86 Å². The van der Waals surface area contributed by atoms with Crippen LogP contribution in [0.2, 0.25) is 0 Å². The lowest BCUT2D eigenvalue weighted by Gasteiger charge is -2.38. The van der Waals surface area contributed by atoms with E-state index in [2.05, 4.69) is 0 Å². The predicted molar refractivity (Wildman–Crippen MR) is 101 cm³/mol. The molecule has 1 aliphatic heterocycles. The lowest BCUT2D eigenvalue weighted by atomic mass is 9.95. The molecule has 0 radical (unpaired) electrons. The first-order chi connectivity index (χ1) is 12.7. The molecule has 1 aliphatic rings. The molecule has 2 atom stereocenters. The Morgan fingerprint density at radius 2 is 1.85 bits per heavy atom. The fourth-order valence-corrected chi connectivity index (χ4v) is 2.96. The van der Waals surface area contributed by atoms with Gasteiger partial charge in [0.15, 0.2) is 0 Å². The molecular weight excluding hydrogens is 348 g/mol. The molecule has 0 bridgehead atoms. The van der Waals surface area contributed by atoms with Crippen LogP contribution in [0.15, 0.2) is 30.3 Å². The molecule has 0 spiro atoms. The zero-order valence-corrected chi connectivity index (χ0v) is 16.8. The van der Waals surface area contributed by atoms with E-state index in [1.807, 2.05) is 51.1 Å². The number of rotatable bonds is 5. The van der Waals surface area contributed by atoms with E-state index >= 15 is 0 Å². The average molecular weight is 378 g/mol. The Morgan fingerprint density at radius 3 is 2.44 bits per heavy atom. The molecular formula is C20H30N2O5. The van der Waals surface area contributed by atoms with Crippen molar-refractivity contribution in [3.63, 3.8) is 0 Å². The topological polar surface area (TPSA) is 68.3 Å². The van der Waals surface area contributed by atoms with Crippen molar-refractivity contribution in [2.45, 2.75) is 45.5 Å². The first kappa shape index (κ1) is 21.2. The first-order valence-corrected chi connectivity index (χ1v) is 9.14. The van der Waals surface area contributed by atoms with Crippen LogP contribution in [-0.2, 0) is 25.7 Å². The Bertz CT molecular complexity index is 629. The van der Waals surface area contributed by atoms with Gasteiger partial charge in [0, 0.05) is 13.6 Å². The third kappa shape index (κ3) is 6.52. The highest BCUT2D eigenvalue weighted by Crippen LogP contribution is 2.24. The standard InChI is InChI=1S/C20H30N2O5/c1-20(2,3)27-19(24)22-12-16(18(23)21(4)25-5)11-17(13-22)26-14-15-9-7-6-8-10-15/h6-10,16-17H,11-14H2,1-5H3. The number of carbonyl (C=O) groups is 2. The molecule has 1 aromatic carbocycles. The number of nitrogens with zero attached hydrogens (tertiary/aromatic N) is 2. The molecule has 150 valence electrons. The summed E-state index contributed by atoms with van der Waals surface area (Å²) in [6.07, 6.45) is -0.169. The van der Waals surface area contributed by atoms with Crippen LogP contribution >= 0.6 is 0 Å². The second-order valence-electron chi connectivity index (χ2n) is 7.75. The second-order valence-corrected chi connectivity index (χ2v) is 7.75. The highest BCUT2D eigenvalue weighted by Gasteiger charge is 2.37. The molecule has 7 heteroatoms. The first-order valence-electron chi connectivity index (χ1n) is 9.14. The zero-order valence-electron chi connectivity index (χ0n) is 16.8. The van der Waals surface area contributed by atoms with Crippen molar-refractivity contribution in [2.24, 2.45) is 5.92 Å². The molecule has 27 heavy (non-hydrogen) atoms. The van der Waals surface area contributed by atoms with Gasteiger partial charge in [-0.3, -0.25) is 9.63 Å². The van der Waals surface area contributed by atoms with Crippen molar-refractivity contribution in [1.82, 2.24) is 9.96 Å². The van der Waals surface area contributed by atoms with Gasteiger partial charge in [0.1, 0.15) is 5.60 Å². The largest absolute Gasteiger partial charge is 0.444 e. The van der Waals surface area contributed by atoms with Gasteiger partial charge in [0.25, 0.3) is 5.91 Å². The van der Waals surface area contributed by atoms with Crippen LogP contribution in [0.1, 0.15) is 32.8 Å². The molecule has 0 N–H and O–H groups in total. The molecule has 7 nitrogen and oxygen atoms in total. The van der Waals surface area contributed by atoms with Crippen LogP contribution in [0.5, 0.6) is 0 Å². The van der Waals surface area contributed by atoms with E-state index < -0.39 is 17.6 Å². The average Bonchev–Trinajstić information content (AvgIpc) is 2.64. The van der Waals surface area contributed by atoms with Crippen LogP contribution in [0.3, 0.4) is 0 Å². The van der Waals surface area contributed by atoms with Crippen molar-refractivity contribution >= 4 is 12.0 Å². The number of benzene rings is 1. The zero-order chi connectivity index (χ0) is 20.0. The number of hydrogen-bond donors (Lipinski definition) is 0. The van der Waals surface area contributed by atoms with Crippen molar-refractivity contribution in [1.29, 1.82) is 0 Å². The number of carbonyl (C=O) groups excluding carboxylic acids is 2. The smallest absolute Gasteiger partial charge is 0.410 e. The Balaban J connectivity index is 2.08. The Kier molecular flexibility index (Phi) is 7.21. The van der Waals surface area contributed by atoms with E-state index in [9.17, 15) is 9.59 Å². The second kappa shape index (κ2) is 9.19. The van der Waals surface area contributed by atoms with E-state index in [0.717, 1.165) is 5.56 Å². The molecule has 0 saturated carbocycles. The van der Waals surface area contributed by atoms with Crippen LogP contribution in [0.4, 0.5) is 4.79 Å². The third-order valence-corrected chi connectivity index (χ3v) is 4.33. The summed E-state index contributed by atoms with van der Waals surface area (Å²) in [7, 11) is 3.00. The summed E-state index contributed by atoms with van der Waals surface area (Å²) in [5.74, 6) is -0.587. The quantitative estimate of drug-likeness (QED) is 0.737. The van der Waals surface area contributed by atoms with Crippen molar-refractivity contribution in [2.75, 3.05) is 27.2 Å². The van der Waals surface area contributed by atoms with Gasteiger partial charge in [-0.15, -0.1) is 0 Å². The Morgan fingerprint density at radius 1 is 1.19 bits per heavy atom. The molecule has 0 aromatic heterocycles. The van der Waals surface area contributed by atoms with Gasteiger partial charge in [0.2, 0.25) is 0 Å². The van der Waals surface area contributed by atoms with Crippen LogP contribution in [-0.4, -0.2) is 60.9 Å². The molecule has 2 rings (SSSR count). The maximum absolute atomic E-state index is 12.6. The van der Waals surface area contributed by atoms with Gasteiger partial charge in [-0.1, -0.05) is 30.3 Å². The van der Waals surface area contributed by atoms with Crippen molar-refractivity contribution in [3.8, 4) is 0 Å². The van der Waals surface area contributed by atoms with E-state index in [0.29, 0.717) is 19.6 Å². The predicted octanol–water partition coefficient (Wildman–Crippen LogP) is 2.85. The minimum Gasteiger partial charge on any atom is -0.444 e. The summed E-state index contributed by atoms with van der Waals surface area (Å²) in [6, 6.07) is 9.81. The highest BCUT2D eigenvalue weighted by molar-refractivity contribution is 5.79. The van der Waals surface area contributed by atoms with E-state index in [1.165, 1.54) is 12.2 Å². The van der Waals surface area contributed by atoms with Gasteiger partial charge in [0.05, 0.1) is 32.3 Å². The maximum atomic E-state index is 12.6. The number of amides is 2. The Hall–Kier alpha value is -2.12. The van der Waals surface area contributed by atoms with Gasteiger partial charge < -0.3 is 14.4 Å². The molecule has 2 unspecified atom stereocenters. The van der Waals surface area contributed by atoms with Crippen molar-refractivity contribution < 1.29 is 23.9 Å². The number of ether oxygens (including phenoxy) is 2. The molecule has 1 saturated heterocycles. The molecule has 1 aromatic rings. The SMILES string of the molecule is CON(C)C(=O)C1CC(OCc2ccccc2)CN(C(=O)OC(C)(C)C)C1. The number of hydrogen-bond acceptors (Lipinski definition) is 5. The highest BCUT2D eigenvalue weighted by atomic mass is 16.7. The third-order valence-electron chi connectivity index (χ3n) is 4.33. The summed E-state index contributed by atoms with van der Waals surface area (Å²) in [4.78, 5) is 31.7. The molecule has 1 fully saturated rings. The normalized spacial score (nSPS) is 20.3. The summed E-state index contributed by atoms with van der Waals surface area (Å²) in [5, 5.41) is 1.19. The molecule has 0 aliphatic carbocycles. The minimum absolute atomic E-state index is 0.181. The summed E-state index contributed by atoms with van der Waals surface area (Å²) in [5.41, 5.74) is 0.446. The lowest BCUT2D eigenvalue weighted by molar-refractivity contribution is -0.177. The van der Waals surface area contributed by atoms with Crippen LogP contribution in [0, 0.1) is 5.92 Å². The van der Waals surface area contributed by atoms with Crippen LogP contribution < -0.4 is 0 Å². The summed E-state index contributed by atoms with van der Waals surface area (Å²) >= 11 is 0. The Labute approximate surface area is 161 Å². The summed E-state index contributed by atoms with van der Waals surface area (Å²) in [6.45, 7) is 6.56. The van der Waals surface area contributed by atoms with E-state index in [1.54, 1.807) is 11.9 Å². The van der Waals surface area contributed by atoms with Gasteiger partial charge in [-0.2, -0.15) is 0 Å². The number of piperidine rings is 1. The van der Waals surface area contributed by atoms with Crippen LogP contribution in [0.25, 0.3) is 0 Å².